The fourth-order valence-electron chi connectivity index (χ4n) is 2.74. The molecular formula is C17H12S2. The zero-order chi connectivity index (χ0) is 12.7. The summed E-state index contributed by atoms with van der Waals surface area (Å²) in [6, 6.07) is 17.4. The van der Waals surface area contributed by atoms with Gasteiger partial charge in [-0.15, -0.1) is 22.7 Å². The fraction of sp³-hybridized carbons (Fsp3) is 0.0588. The first-order valence-electron chi connectivity index (χ1n) is 6.27. The van der Waals surface area contributed by atoms with Gasteiger partial charge in [0.25, 0.3) is 0 Å². The monoisotopic (exact) mass is 280 g/mol. The predicted octanol–water partition coefficient (Wildman–Crippen LogP) is 3.37. The zero-order valence-corrected chi connectivity index (χ0v) is 11.9. The molecule has 0 saturated heterocycles. The van der Waals surface area contributed by atoms with Crippen LogP contribution in [-0.4, -0.2) is 0 Å². The van der Waals surface area contributed by atoms with Gasteiger partial charge in [0.15, 0.2) is 0 Å². The Morgan fingerprint density at radius 3 is 1.58 bits per heavy atom. The molecule has 0 radical (unpaired) electrons. The van der Waals surface area contributed by atoms with Gasteiger partial charge in [-0.2, -0.15) is 0 Å². The van der Waals surface area contributed by atoms with Crippen LogP contribution in [0, 0.1) is 0 Å². The summed E-state index contributed by atoms with van der Waals surface area (Å²) in [7, 11) is 0. The molecule has 2 heterocycles. The largest absolute Gasteiger partial charge is 0.147 e. The molecule has 0 nitrogen and oxygen atoms in total. The van der Waals surface area contributed by atoms with E-state index in [2.05, 4.69) is 71.4 Å². The Balaban J connectivity index is 2.06. The van der Waals surface area contributed by atoms with Crippen molar-refractivity contribution in [1.82, 2.24) is 0 Å². The molecular weight excluding hydrogens is 268 g/mol. The highest BCUT2D eigenvalue weighted by molar-refractivity contribution is 7.12. The van der Waals surface area contributed by atoms with E-state index in [1.807, 2.05) is 22.7 Å². The van der Waals surface area contributed by atoms with E-state index in [0.29, 0.717) is 0 Å². The van der Waals surface area contributed by atoms with Crippen molar-refractivity contribution in [3.63, 3.8) is 0 Å². The normalized spacial score (nSPS) is 15.6. The third kappa shape index (κ3) is 1.64. The average molecular weight is 280 g/mol. The summed E-state index contributed by atoms with van der Waals surface area (Å²) in [5.41, 5.74) is -0.0635. The standard InChI is InChI=1S/C17H12S2/c1-2-6-14-12-17(11-13(14)5-1,15-7-3-9-18-15)16-8-4-10-19-16/h1-12H. The molecule has 0 aliphatic heterocycles. The van der Waals surface area contributed by atoms with Crippen LogP contribution in [0.2, 0.25) is 0 Å². The highest BCUT2D eigenvalue weighted by Gasteiger charge is 2.33. The van der Waals surface area contributed by atoms with Gasteiger partial charge in [-0.05, 0) is 33.3 Å². The molecule has 0 spiro atoms. The van der Waals surface area contributed by atoms with Crippen LogP contribution in [0.5, 0.6) is 0 Å². The van der Waals surface area contributed by atoms with Gasteiger partial charge in [0.2, 0.25) is 0 Å². The average Bonchev–Trinajstić information content (AvgIpc) is 3.18. The Hall–Kier alpha value is -1.64. The molecule has 2 aromatic heterocycles. The van der Waals surface area contributed by atoms with E-state index in [-0.39, 0.29) is 5.41 Å². The van der Waals surface area contributed by atoms with Crippen LogP contribution in [0.15, 0.2) is 59.3 Å². The van der Waals surface area contributed by atoms with E-state index < -0.39 is 0 Å². The lowest BCUT2D eigenvalue weighted by atomic mass is 9.86. The summed E-state index contributed by atoms with van der Waals surface area (Å²) in [6.07, 6.45) is 4.81. The maximum Gasteiger partial charge on any atom is 0.0767 e. The second-order valence-electron chi connectivity index (χ2n) is 4.74. The molecule has 1 aliphatic carbocycles. The summed E-state index contributed by atoms with van der Waals surface area (Å²) < 4.78 is 0. The first kappa shape index (κ1) is 11.2. The molecule has 19 heavy (non-hydrogen) atoms. The van der Waals surface area contributed by atoms with Crippen LogP contribution in [0.25, 0.3) is 12.2 Å². The summed E-state index contributed by atoms with van der Waals surface area (Å²) in [5.74, 6) is 0. The van der Waals surface area contributed by atoms with Crippen molar-refractivity contribution in [3.8, 4) is 0 Å². The Bertz CT molecular complexity index is 737. The molecule has 0 fully saturated rings. The zero-order valence-electron chi connectivity index (χ0n) is 10.2. The van der Waals surface area contributed by atoms with Gasteiger partial charge in [0, 0.05) is 9.75 Å². The van der Waals surface area contributed by atoms with Gasteiger partial charge in [-0.25, -0.2) is 0 Å². The van der Waals surface area contributed by atoms with Crippen LogP contribution in [0.1, 0.15) is 9.75 Å². The summed E-state index contributed by atoms with van der Waals surface area (Å²) >= 11 is 3.66. The van der Waals surface area contributed by atoms with Crippen molar-refractivity contribution in [2.24, 2.45) is 0 Å². The minimum atomic E-state index is -0.0635. The van der Waals surface area contributed by atoms with E-state index in [1.54, 1.807) is 0 Å². The van der Waals surface area contributed by atoms with Crippen LogP contribution in [0.4, 0.5) is 0 Å². The second kappa shape index (κ2) is 4.19. The van der Waals surface area contributed by atoms with Crippen molar-refractivity contribution in [2.75, 3.05) is 0 Å². The Kier molecular flexibility index (Phi) is 2.47. The maximum absolute atomic E-state index is 2.40. The molecule has 2 heteroatoms. The Morgan fingerprint density at radius 1 is 0.632 bits per heavy atom. The van der Waals surface area contributed by atoms with Crippen LogP contribution >= 0.6 is 22.7 Å². The molecule has 0 amide bonds. The van der Waals surface area contributed by atoms with Crippen molar-refractivity contribution in [2.45, 2.75) is 5.41 Å². The number of thiophene rings is 2. The highest BCUT2D eigenvalue weighted by atomic mass is 32.1. The lowest BCUT2D eigenvalue weighted by Crippen LogP contribution is -2.19. The van der Waals surface area contributed by atoms with Gasteiger partial charge >= 0.3 is 0 Å². The van der Waals surface area contributed by atoms with Crippen molar-refractivity contribution in [1.29, 1.82) is 0 Å². The molecule has 0 atom stereocenters. The summed E-state index contributed by atoms with van der Waals surface area (Å²) in [6.45, 7) is 0. The van der Waals surface area contributed by atoms with Gasteiger partial charge in [-0.1, -0.05) is 48.6 Å². The van der Waals surface area contributed by atoms with E-state index in [4.69, 9.17) is 0 Å². The van der Waals surface area contributed by atoms with Gasteiger partial charge in [0.1, 0.15) is 0 Å². The quantitative estimate of drug-likeness (QED) is 0.675. The lowest BCUT2D eigenvalue weighted by molar-refractivity contribution is 0.983. The molecule has 0 unspecified atom stereocenters. The summed E-state index contributed by atoms with van der Waals surface area (Å²) in [4.78, 5) is 2.79. The van der Waals surface area contributed by atoms with E-state index >= 15 is 0 Å². The molecule has 0 N–H and O–H groups in total. The summed E-state index contributed by atoms with van der Waals surface area (Å²) in [5, 5.41) is 7.00. The molecule has 1 aromatic carbocycles. The molecule has 0 bridgehead atoms. The minimum absolute atomic E-state index is 0.0635. The minimum Gasteiger partial charge on any atom is -0.147 e. The molecule has 0 saturated carbocycles. The lowest BCUT2D eigenvalue weighted by Gasteiger charge is -2.22. The highest BCUT2D eigenvalue weighted by Crippen LogP contribution is 2.41. The third-order valence-electron chi connectivity index (χ3n) is 3.62. The van der Waals surface area contributed by atoms with Gasteiger partial charge in [0.05, 0.1) is 5.41 Å². The van der Waals surface area contributed by atoms with Crippen LogP contribution < -0.4 is 10.4 Å². The van der Waals surface area contributed by atoms with Crippen LogP contribution in [-0.2, 0) is 5.41 Å². The predicted molar refractivity (Wildman–Crippen MR) is 84.0 cm³/mol. The number of rotatable bonds is 2. The first-order valence-corrected chi connectivity index (χ1v) is 8.03. The Labute approximate surface area is 120 Å². The SMILES string of the molecule is C1=c2ccccc2=CC1(c1cccs1)c1cccs1. The molecule has 92 valence electrons. The number of benzene rings is 1. The van der Waals surface area contributed by atoms with Crippen molar-refractivity contribution < 1.29 is 0 Å². The third-order valence-corrected chi connectivity index (χ3v) is 5.66. The number of hydrogen-bond acceptors (Lipinski definition) is 2. The molecule has 1 aliphatic rings. The first-order chi connectivity index (χ1) is 9.38. The molecule has 3 aromatic rings. The van der Waals surface area contributed by atoms with Gasteiger partial charge in [-0.3, -0.25) is 0 Å². The van der Waals surface area contributed by atoms with Crippen LogP contribution in [0.3, 0.4) is 0 Å². The van der Waals surface area contributed by atoms with E-state index in [9.17, 15) is 0 Å². The fourth-order valence-corrected chi connectivity index (χ4v) is 4.57. The van der Waals surface area contributed by atoms with Crippen molar-refractivity contribution in [3.05, 3.63) is 79.5 Å². The van der Waals surface area contributed by atoms with E-state index in [0.717, 1.165) is 0 Å². The number of fused-ring (bicyclic) bond motifs is 1. The Morgan fingerprint density at radius 2 is 1.16 bits per heavy atom. The van der Waals surface area contributed by atoms with Gasteiger partial charge < -0.3 is 0 Å². The smallest absolute Gasteiger partial charge is 0.0767 e. The van der Waals surface area contributed by atoms with E-state index in [1.165, 1.54) is 20.2 Å². The molecule has 4 rings (SSSR count). The van der Waals surface area contributed by atoms with Crippen molar-refractivity contribution >= 4 is 34.8 Å². The topological polar surface area (TPSA) is 0 Å². The maximum atomic E-state index is 2.40. The second-order valence-corrected chi connectivity index (χ2v) is 6.64. The number of hydrogen-bond donors (Lipinski definition) is 0.